The van der Waals surface area contributed by atoms with Crippen LogP contribution in [0.15, 0.2) is 36.5 Å². The van der Waals surface area contributed by atoms with E-state index in [1.807, 2.05) is 0 Å². The molecule has 0 aromatic heterocycles. The zero-order valence-corrected chi connectivity index (χ0v) is 14.1. The highest BCUT2D eigenvalue weighted by molar-refractivity contribution is 6.00. The van der Waals surface area contributed by atoms with Gasteiger partial charge in [0.2, 0.25) is 0 Å². The van der Waals surface area contributed by atoms with Gasteiger partial charge in [-0.25, -0.2) is 28.8 Å². The molecule has 0 rings (SSSR count). The van der Waals surface area contributed by atoms with Crippen LogP contribution in [-0.2, 0) is 47.7 Å². The maximum atomic E-state index is 11.3. The van der Waals surface area contributed by atoms with Gasteiger partial charge in [-0.1, -0.05) is 13.2 Å². The van der Waals surface area contributed by atoms with Crippen LogP contribution in [0.2, 0.25) is 0 Å². The first-order valence-electron chi connectivity index (χ1n) is 6.85. The van der Waals surface area contributed by atoms with Gasteiger partial charge in [-0.05, 0) is 13.8 Å². The standard InChI is InChI=1S/C16H16O10/c1-9(2)15(21)23-7-13(19)25-11(17)5-6-12(18)26-14(20)8-24-16(22)10(3)4/h5-6H,1,3,7-8H2,2,4H3/b6-5-. The lowest BCUT2D eigenvalue weighted by atomic mass is 10.4. The first-order valence-corrected chi connectivity index (χ1v) is 6.85. The van der Waals surface area contributed by atoms with E-state index in [0.29, 0.717) is 12.2 Å². The lowest BCUT2D eigenvalue weighted by molar-refractivity contribution is -0.164. The van der Waals surface area contributed by atoms with Crippen LogP contribution < -0.4 is 0 Å². The van der Waals surface area contributed by atoms with E-state index in [0.717, 1.165) is 0 Å². The van der Waals surface area contributed by atoms with E-state index in [-0.39, 0.29) is 11.1 Å². The molecule has 0 N–H and O–H groups in total. The zero-order chi connectivity index (χ0) is 20.3. The molecule has 0 unspecified atom stereocenters. The fourth-order valence-electron chi connectivity index (χ4n) is 0.983. The molecule has 0 aromatic rings. The Balaban J connectivity index is 4.24. The fraction of sp³-hybridized carbons (Fsp3) is 0.250. The number of hydrogen-bond donors (Lipinski definition) is 0. The van der Waals surface area contributed by atoms with E-state index in [2.05, 4.69) is 32.1 Å². The van der Waals surface area contributed by atoms with Crippen molar-refractivity contribution >= 4 is 35.8 Å². The molecule has 0 heterocycles. The Hall–Kier alpha value is -3.56. The van der Waals surface area contributed by atoms with E-state index in [1.165, 1.54) is 13.8 Å². The molecule has 26 heavy (non-hydrogen) atoms. The highest BCUT2D eigenvalue weighted by Crippen LogP contribution is 1.95. The molecule has 0 aliphatic carbocycles. The van der Waals surface area contributed by atoms with Gasteiger partial charge in [0.15, 0.2) is 13.2 Å². The average Bonchev–Trinajstić information content (AvgIpc) is 2.55. The minimum Gasteiger partial charge on any atom is -0.450 e. The van der Waals surface area contributed by atoms with Gasteiger partial charge in [0.25, 0.3) is 0 Å². The first-order chi connectivity index (χ1) is 12.0. The van der Waals surface area contributed by atoms with Crippen LogP contribution in [0.5, 0.6) is 0 Å². The summed E-state index contributed by atoms with van der Waals surface area (Å²) < 4.78 is 17.3. The Labute approximate surface area is 148 Å². The highest BCUT2D eigenvalue weighted by atomic mass is 16.6. The number of esters is 6. The van der Waals surface area contributed by atoms with Gasteiger partial charge >= 0.3 is 35.8 Å². The van der Waals surface area contributed by atoms with Gasteiger partial charge in [-0.2, -0.15) is 0 Å². The highest BCUT2D eigenvalue weighted by Gasteiger charge is 2.14. The molecule has 0 aromatic carbocycles. The normalized spacial score (nSPS) is 9.77. The molecular formula is C16H16O10. The smallest absolute Gasteiger partial charge is 0.352 e. The van der Waals surface area contributed by atoms with Crippen LogP contribution in [0.25, 0.3) is 0 Å². The topological polar surface area (TPSA) is 139 Å². The summed E-state index contributed by atoms with van der Waals surface area (Å²) in [5.74, 6) is -6.60. The third-order valence-electron chi connectivity index (χ3n) is 2.12. The van der Waals surface area contributed by atoms with E-state index in [1.54, 1.807) is 0 Å². The monoisotopic (exact) mass is 368 g/mol. The third kappa shape index (κ3) is 10.3. The summed E-state index contributed by atoms with van der Waals surface area (Å²) in [4.78, 5) is 67.0. The molecule has 0 aliphatic heterocycles. The Morgan fingerprint density at radius 1 is 0.692 bits per heavy atom. The number of carbonyl (C=O) groups excluding carboxylic acids is 6. The Kier molecular flexibility index (Phi) is 9.56. The van der Waals surface area contributed by atoms with Gasteiger partial charge in [-0.3, -0.25) is 0 Å². The average molecular weight is 368 g/mol. The van der Waals surface area contributed by atoms with Crippen molar-refractivity contribution in [2.24, 2.45) is 0 Å². The van der Waals surface area contributed by atoms with Crippen molar-refractivity contribution in [2.45, 2.75) is 13.8 Å². The molecule has 0 amide bonds. The van der Waals surface area contributed by atoms with Crippen LogP contribution >= 0.6 is 0 Å². The third-order valence-corrected chi connectivity index (χ3v) is 2.12. The summed E-state index contributed by atoms with van der Waals surface area (Å²) in [6.07, 6.45) is 1.02. The molecule has 0 bridgehead atoms. The van der Waals surface area contributed by atoms with Gasteiger partial charge in [0.05, 0.1) is 0 Å². The van der Waals surface area contributed by atoms with Crippen molar-refractivity contribution in [2.75, 3.05) is 13.2 Å². The maximum Gasteiger partial charge on any atom is 0.352 e. The maximum absolute atomic E-state index is 11.3. The molecular weight excluding hydrogens is 352 g/mol. The fourth-order valence-corrected chi connectivity index (χ4v) is 0.983. The molecule has 10 nitrogen and oxygen atoms in total. The first kappa shape index (κ1) is 22.4. The predicted molar refractivity (Wildman–Crippen MR) is 82.9 cm³/mol. The van der Waals surface area contributed by atoms with Crippen molar-refractivity contribution in [1.29, 1.82) is 0 Å². The summed E-state index contributed by atoms with van der Waals surface area (Å²) in [6, 6.07) is 0. The minimum absolute atomic E-state index is 0.0466. The lowest BCUT2D eigenvalue weighted by Gasteiger charge is -2.03. The summed E-state index contributed by atoms with van der Waals surface area (Å²) in [5, 5.41) is 0. The van der Waals surface area contributed by atoms with Crippen LogP contribution in [0.3, 0.4) is 0 Å². The van der Waals surface area contributed by atoms with Crippen molar-refractivity contribution < 1.29 is 47.7 Å². The summed E-state index contributed by atoms with van der Waals surface area (Å²) >= 11 is 0. The van der Waals surface area contributed by atoms with Crippen molar-refractivity contribution in [1.82, 2.24) is 0 Å². The number of carbonyl (C=O) groups is 6. The van der Waals surface area contributed by atoms with Crippen LogP contribution in [0.4, 0.5) is 0 Å². The van der Waals surface area contributed by atoms with Crippen molar-refractivity contribution in [3.05, 3.63) is 36.5 Å². The van der Waals surface area contributed by atoms with Crippen molar-refractivity contribution in [3.8, 4) is 0 Å². The molecule has 0 saturated carbocycles. The molecule has 0 radical (unpaired) electrons. The lowest BCUT2D eigenvalue weighted by Crippen LogP contribution is -2.20. The van der Waals surface area contributed by atoms with E-state index in [4.69, 9.17) is 0 Å². The molecule has 0 fully saturated rings. The van der Waals surface area contributed by atoms with E-state index < -0.39 is 49.0 Å². The molecule has 0 spiro atoms. The van der Waals surface area contributed by atoms with Crippen LogP contribution in [-0.4, -0.2) is 49.0 Å². The Morgan fingerprint density at radius 2 is 1.00 bits per heavy atom. The predicted octanol–water partition coefficient (Wildman–Crippen LogP) is -0.0792. The summed E-state index contributed by atoms with van der Waals surface area (Å²) in [5.41, 5.74) is 0.0933. The number of ether oxygens (including phenoxy) is 4. The summed E-state index contributed by atoms with van der Waals surface area (Å²) in [6.45, 7) is 7.61. The van der Waals surface area contributed by atoms with Gasteiger partial charge in [0, 0.05) is 23.3 Å². The molecule has 0 saturated heterocycles. The second-order valence-electron chi connectivity index (χ2n) is 4.63. The molecule has 0 atom stereocenters. The van der Waals surface area contributed by atoms with Crippen molar-refractivity contribution in [3.63, 3.8) is 0 Å². The SMILES string of the molecule is C=C(C)C(=O)OCC(=O)OC(=O)/C=C\C(=O)OC(=O)COC(=O)C(=C)C. The summed E-state index contributed by atoms with van der Waals surface area (Å²) in [7, 11) is 0. The van der Waals surface area contributed by atoms with Gasteiger partial charge in [0.1, 0.15) is 0 Å². The quantitative estimate of drug-likeness (QED) is 0.247. The van der Waals surface area contributed by atoms with E-state index in [9.17, 15) is 28.8 Å². The Morgan fingerprint density at radius 3 is 1.27 bits per heavy atom. The largest absolute Gasteiger partial charge is 0.450 e. The molecule has 10 heteroatoms. The van der Waals surface area contributed by atoms with Crippen LogP contribution in [0.1, 0.15) is 13.8 Å². The van der Waals surface area contributed by atoms with Crippen LogP contribution in [0, 0.1) is 0 Å². The Bertz CT molecular complexity index is 625. The molecule has 0 aliphatic rings. The second-order valence-corrected chi connectivity index (χ2v) is 4.63. The second kappa shape index (κ2) is 11.1. The zero-order valence-electron chi connectivity index (χ0n) is 14.1. The minimum atomic E-state index is -1.26. The number of rotatable bonds is 8. The molecule has 140 valence electrons. The number of hydrogen-bond acceptors (Lipinski definition) is 10. The van der Waals surface area contributed by atoms with Gasteiger partial charge < -0.3 is 18.9 Å². The van der Waals surface area contributed by atoms with E-state index >= 15 is 0 Å². The van der Waals surface area contributed by atoms with Gasteiger partial charge in [-0.15, -0.1) is 0 Å².